The standard InChI is InChI=1S/C12H18N2O3S/c1-17-11-6-8-14(9-7-11)18(15,16)12-4-2-10(13)3-5-12/h2-5,11H,6-9,13H2,1H3. The third kappa shape index (κ3) is 2.66. The van der Waals surface area contributed by atoms with Gasteiger partial charge in [-0.3, -0.25) is 0 Å². The van der Waals surface area contributed by atoms with Gasteiger partial charge in [-0.1, -0.05) is 0 Å². The molecule has 100 valence electrons. The van der Waals surface area contributed by atoms with Gasteiger partial charge < -0.3 is 10.5 Å². The average molecular weight is 270 g/mol. The normalized spacial score (nSPS) is 18.9. The molecule has 0 spiro atoms. The van der Waals surface area contributed by atoms with Gasteiger partial charge in [0.15, 0.2) is 0 Å². The molecule has 0 atom stereocenters. The Morgan fingerprint density at radius 2 is 1.78 bits per heavy atom. The number of anilines is 1. The molecule has 6 heteroatoms. The topological polar surface area (TPSA) is 72.6 Å². The highest BCUT2D eigenvalue weighted by Gasteiger charge is 2.29. The van der Waals surface area contributed by atoms with Gasteiger partial charge >= 0.3 is 0 Å². The van der Waals surface area contributed by atoms with Crippen molar-refractivity contribution in [2.75, 3.05) is 25.9 Å². The van der Waals surface area contributed by atoms with Gasteiger partial charge in [0.2, 0.25) is 10.0 Å². The van der Waals surface area contributed by atoms with E-state index in [0.29, 0.717) is 23.7 Å². The van der Waals surface area contributed by atoms with E-state index in [1.165, 1.54) is 4.31 Å². The summed E-state index contributed by atoms with van der Waals surface area (Å²) >= 11 is 0. The Hall–Kier alpha value is -1.11. The molecule has 1 heterocycles. The lowest BCUT2D eigenvalue weighted by Crippen LogP contribution is -2.40. The molecule has 1 aromatic carbocycles. The SMILES string of the molecule is COC1CCN(S(=O)(=O)c2ccc(N)cc2)CC1. The number of benzene rings is 1. The summed E-state index contributed by atoms with van der Waals surface area (Å²) in [4.78, 5) is 0.299. The van der Waals surface area contributed by atoms with Crippen LogP contribution in [0.4, 0.5) is 5.69 Å². The van der Waals surface area contributed by atoms with E-state index in [1.807, 2.05) is 0 Å². The van der Waals surface area contributed by atoms with Crippen molar-refractivity contribution in [1.29, 1.82) is 0 Å². The molecule has 0 aliphatic carbocycles. The van der Waals surface area contributed by atoms with Crippen molar-refractivity contribution in [3.8, 4) is 0 Å². The number of ether oxygens (including phenoxy) is 1. The Balaban J connectivity index is 2.15. The van der Waals surface area contributed by atoms with E-state index >= 15 is 0 Å². The number of nitrogens with zero attached hydrogens (tertiary/aromatic N) is 1. The molecule has 1 fully saturated rings. The molecule has 1 saturated heterocycles. The zero-order valence-corrected chi connectivity index (χ0v) is 11.2. The molecule has 2 rings (SSSR count). The van der Waals surface area contributed by atoms with Crippen LogP contribution in [0.3, 0.4) is 0 Å². The van der Waals surface area contributed by atoms with E-state index in [2.05, 4.69) is 0 Å². The van der Waals surface area contributed by atoms with Gasteiger partial charge in [0.25, 0.3) is 0 Å². The van der Waals surface area contributed by atoms with E-state index in [0.717, 1.165) is 12.8 Å². The Kier molecular flexibility index (Phi) is 3.89. The summed E-state index contributed by atoms with van der Waals surface area (Å²) in [5.74, 6) is 0. The van der Waals surface area contributed by atoms with Gasteiger partial charge in [0, 0.05) is 25.9 Å². The molecule has 0 saturated carbocycles. The third-order valence-electron chi connectivity index (χ3n) is 3.25. The molecule has 0 aromatic heterocycles. The number of nitrogens with two attached hydrogens (primary N) is 1. The Morgan fingerprint density at radius 1 is 1.22 bits per heavy atom. The smallest absolute Gasteiger partial charge is 0.243 e. The first-order valence-corrected chi connectivity index (χ1v) is 7.36. The van der Waals surface area contributed by atoms with Crippen LogP contribution in [0.5, 0.6) is 0 Å². The van der Waals surface area contributed by atoms with Crippen LogP contribution in [0.15, 0.2) is 29.2 Å². The van der Waals surface area contributed by atoms with Crippen LogP contribution in [0.1, 0.15) is 12.8 Å². The number of nitrogen functional groups attached to an aromatic ring is 1. The summed E-state index contributed by atoms with van der Waals surface area (Å²) in [6.45, 7) is 1.01. The zero-order chi connectivity index (χ0) is 13.2. The summed E-state index contributed by atoms with van der Waals surface area (Å²) in [5.41, 5.74) is 6.12. The second-order valence-corrected chi connectivity index (χ2v) is 6.35. The van der Waals surface area contributed by atoms with Crippen LogP contribution in [-0.4, -0.2) is 39.0 Å². The first kappa shape index (κ1) is 13.3. The summed E-state index contributed by atoms with van der Waals surface area (Å²) in [6, 6.07) is 6.31. The largest absolute Gasteiger partial charge is 0.399 e. The fraction of sp³-hybridized carbons (Fsp3) is 0.500. The molecule has 18 heavy (non-hydrogen) atoms. The number of methoxy groups -OCH3 is 1. The Labute approximate surface area is 108 Å². The van der Waals surface area contributed by atoms with Crippen molar-refractivity contribution in [3.05, 3.63) is 24.3 Å². The molecule has 1 aliphatic rings. The number of hydrogen-bond donors (Lipinski definition) is 1. The lowest BCUT2D eigenvalue weighted by molar-refractivity contribution is 0.0604. The first-order valence-electron chi connectivity index (χ1n) is 5.92. The quantitative estimate of drug-likeness (QED) is 0.834. The summed E-state index contributed by atoms with van der Waals surface area (Å²) < 4.78 is 31.4. The van der Waals surface area contributed by atoms with Gasteiger partial charge in [0.1, 0.15) is 0 Å². The molecule has 0 amide bonds. The van der Waals surface area contributed by atoms with Crippen LogP contribution in [0, 0.1) is 0 Å². The van der Waals surface area contributed by atoms with E-state index in [-0.39, 0.29) is 6.10 Å². The van der Waals surface area contributed by atoms with Crippen LogP contribution >= 0.6 is 0 Å². The van der Waals surface area contributed by atoms with Gasteiger partial charge in [-0.05, 0) is 37.1 Å². The minimum Gasteiger partial charge on any atom is -0.399 e. The maximum atomic E-state index is 12.3. The van der Waals surface area contributed by atoms with Crippen LogP contribution in [0.25, 0.3) is 0 Å². The maximum Gasteiger partial charge on any atom is 0.243 e. The highest BCUT2D eigenvalue weighted by atomic mass is 32.2. The highest BCUT2D eigenvalue weighted by Crippen LogP contribution is 2.22. The minimum absolute atomic E-state index is 0.169. The molecule has 1 aliphatic heterocycles. The van der Waals surface area contributed by atoms with Crippen molar-refractivity contribution in [3.63, 3.8) is 0 Å². The summed E-state index contributed by atoms with van der Waals surface area (Å²) in [6.07, 6.45) is 1.65. The van der Waals surface area contributed by atoms with Crippen molar-refractivity contribution in [2.24, 2.45) is 0 Å². The van der Waals surface area contributed by atoms with Crippen LogP contribution in [-0.2, 0) is 14.8 Å². The number of hydrogen-bond acceptors (Lipinski definition) is 4. The molecule has 5 nitrogen and oxygen atoms in total. The number of rotatable bonds is 3. The first-order chi connectivity index (χ1) is 8.54. The van der Waals surface area contributed by atoms with Crippen molar-refractivity contribution >= 4 is 15.7 Å². The van der Waals surface area contributed by atoms with Crippen LogP contribution in [0.2, 0.25) is 0 Å². The van der Waals surface area contributed by atoms with E-state index in [1.54, 1.807) is 31.4 Å². The van der Waals surface area contributed by atoms with E-state index < -0.39 is 10.0 Å². The summed E-state index contributed by atoms with van der Waals surface area (Å²) in [7, 11) is -1.73. The fourth-order valence-electron chi connectivity index (χ4n) is 2.10. The molecule has 0 bridgehead atoms. The molecule has 0 radical (unpaired) electrons. The lowest BCUT2D eigenvalue weighted by Gasteiger charge is -2.30. The van der Waals surface area contributed by atoms with Crippen molar-refractivity contribution in [1.82, 2.24) is 4.31 Å². The maximum absolute atomic E-state index is 12.3. The molecule has 0 unspecified atom stereocenters. The third-order valence-corrected chi connectivity index (χ3v) is 5.17. The fourth-order valence-corrected chi connectivity index (χ4v) is 3.57. The second kappa shape index (κ2) is 5.26. The van der Waals surface area contributed by atoms with Gasteiger partial charge in [-0.2, -0.15) is 4.31 Å². The minimum atomic E-state index is -3.39. The van der Waals surface area contributed by atoms with E-state index in [9.17, 15) is 8.42 Å². The van der Waals surface area contributed by atoms with Gasteiger partial charge in [0.05, 0.1) is 11.0 Å². The lowest BCUT2D eigenvalue weighted by atomic mass is 10.1. The molecular weight excluding hydrogens is 252 g/mol. The van der Waals surface area contributed by atoms with Crippen LogP contribution < -0.4 is 5.73 Å². The van der Waals surface area contributed by atoms with Gasteiger partial charge in [-0.15, -0.1) is 0 Å². The Morgan fingerprint density at radius 3 is 2.28 bits per heavy atom. The summed E-state index contributed by atoms with van der Waals surface area (Å²) in [5, 5.41) is 0. The second-order valence-electron chi connectivity index (χ2n) is 4.41. The van der Waals surface area contributed by atoms with Gasteiger partial charge in [-0.25, -0.2) is 8.42 Å². The van der Waals surface area contributed by atoms with Crippen molar-refractivity contribution in [2.45, 2.75) is 23.8 Å². The number of sulfonamides is 1. The molecular formula is C12H18N2O3S. The molecule has 2 N–H and O–H groups in total. The predicted molar refractivity (Wildman–Crippen MR) is 69.6 cm³/mol. The number of piperidine rings is 1. The monoisotopic (exact) mass is 270 g/mol. The van der Waals surface area contributed by atoms with E-state index in [4.69, 9.17) is 10.5 Å². The average Bonchev–Trinajstić information content (AvgIpc) is 2.39. The predicted octanol–water partition coefficient (Wildman–Crippen LogP) is 1.07. The van der Waals surface area contributed by atoms with Crippen molar-refractivity contribution < 1.29 is 13.2 Å². The zero-order valence-electron chi connectivity index (χ0n) is 10.4. The Bertz CT molecular complexity index is 491. The highest BCUT2D eigenvalue weighted by molar-refractivity contribution is 7.89. The molecule has 1 aromatic rings.